The highest BCUT2D eigenvalue weighted by atomic mass is 127. The van der Waals surface area contributed by atoms with Gasteiger partial charge >= 0.3 is 0 Å². The lowest BCUT2D eigenvalue weighted by atomic mass is 10.1. The van der Waals surface area contributed by atoms with E-state index in [4.69, 9.17) is 0 Å². The summed E-state index contributed by atoms with van der Waals surface area (Å²) in [5.41, 5.74) is 5.78. The van der Waals surface area contributed by atoms with Crippen LogP contribution in [0.2, 0.25) is 0 Å². The first-order valence-corrected chi connectivity index (χ1v) is 11.4. The molecule has 1 N–H and O–H groups in total. The molecule has 4 rings (SSSR count). The van der Waals surface area contributed by atoms with Crippen LogP contribution in [0.4, 0.5) is 5.69 Å². The highest BCUT2D eigenvalue weighted by Gasteiger charge is 2.33. The van der Waals surface area contributed by atoms with E-state index in [1.54, 1.807) is 47.1 Å². The SMILES string of the molecule is O=C(NN=Cc1ccc(I)cc1)c1ccc(N2C(=O)CS[C@H]2c2ccccc2)cc1. The normalized spacial score (nSPS) is 16.2. The lowest BCUT2D eigenvalue weighted by Gasteiger charge is -2.24. The fraction of sp³-hybridized carbons (Fsp3) is 0.0870. The zero-order chi connectivity index (χ0) is 20.9. The lowest BCUT2D eigenvalue weighted by molar-refractivity contribution is -0.115. The van der Waals surface area contributed by atoms with E-state index in [2.05, 4.69) is 33.1 Å². The summed E-state index contributed by atoms with van der Waals surface area (Å²) in [6, 6.07) is 24.8. The molecule has 0 radical (unpaired) electrons. The molecule has 0 unspecified atom stereocenters. The Hall–Kier alpha value is -2.65. The molecule has 1 aliphatic rings. The molecule has 0 bridgehead atoms. The van der Waals surface area contributed by atoms with Crippen LogP contribution in [0.1, 0.15) is 26.9 Å². The highest BCUT2D eigenvalue weighted by molar-refractivity contribution is 14.1. The first-order chi connectivity index (χ1) is 14.6. The Bertz CT molecular complexity index is 1070. The molecule has 2 amide bonds. The number of benzene rings is 3. The van der Waals surface area contributed by atoms with Crippen molar-refractivity contribution in [1.82, 2.24) is 5.43 Å². The summed E-state index contributed by atoms with van der Waals surface area (Å²) in [6.07, 6.45) is 1.60. The molecular weight excluding hydrogens is 509 g/mol. The fourth-order valence-corrected chi connectivity index (χ4v) is 4.66. The van der Waals surface area contributed by atoms with Crippen LogP contribution in [-0.2, 0) is 4.79 Å². The molecule has 0 spiro atoms. The maximum atomic E-state index is 12.5. The van der Waals surface area contributed by atoms with Crippen molar-refractivity contribution in [3.05, 3.63) is 99.1 Å². The summed E-state index contributed by atoms with van der Waals surface area (Å²) in [4.78, 5) is 26.6. The van der Waals surface area contributed by atoms with E-state index in [1.165, 1.54) is 0 Å². The molecule has 1 fully saturated rings. The monoisotopic (exact) mass is 527 g/mol. The first kappa shape index (κ1) is 20.6. The van der Waals surface area contributed by atoms with Crippen molar-refractivity contribution in [1.29, 1.82) is 0 Å². The lowest BCUT2D eigenvalue weighted by Crippen LogP contribution is -2.28. The number of halogens is 1. The number of carbonyl (C=O) groups excluding carboxylic acids is 2. The Balaban J connectivity index is 1.44. The van der Waals surface area contributed by atoms with Crippen molar-refractivity contribution in [2.24, 2.45) is 5.10 Å². The molecule has 1 heterocycles. The van der Waals surface area contributed by atoms with Gasteiger partial charge in [0.05, 0.1) is 12.0 Å². The number of thioether (sulfide) groups is 1. The van der Waals surface area contributed by atoms with Crippen LogP contribution >= 0.6 is 34.4 Å². The van der Waals surface area contributed by atoms with Crippen LogP contribution in [0.5, 0.6) is 0 Å². The topological polar surface area (TPSA) is 61.8 Å². The van der Waals surface area contributed by atoms with E-state index >= 15 is 0 Å². The molecule has 0 aliphatic carbocycles. The van der Waals surface area contributed by atoms with E-state index in [-0.39, 0.29) is 17.2 Å². The molecule has 1 atom stereocenters. The Morgan fingerprint density at radius 1 is 1.03 bits per heavy atom. The van der Waals surface area contributed by atoms with E-state index in [0.29, 0.717) is 11.3 Å². The predicted molar refractivity (Wildman–Crippen MR) is 130 cm³/mol. The predicted octanol–water partition coefficient (Wildman–Crippen LogP) is 4.83. The third kappa shape index (κ3) is 4.73. The van der Waals surface area contributed by atoms with Crippen molar-refractivity contribution in [2.75, 3.05) is 10.7 Å². The standard InChI is InChI=1S/C23H18IN3O2S/c24-19-10-6-16(7-11-19)14-25-26-22(29)17-8-12-20(13-9-17)27-21(28)15-30-23(27)18-4-2-1-3-5-18/h1-14,23H,15H2,(H,26,29)/t23-/m0/s1. The van der Waals surface area contributed by atoms with E-state index in [0.717, 1.165) is 20.4 Å². The second kappa shape index (κ2) is 9.44. The summed E-state index contributed by atoms with van der Waals surface area (Å²) < 4.78 is 1.14. The third-order valence-electron chi connectivity index (χ3n) is 4.61. The molecule has 0 aromatic heterocycles. The summed E-state index contributed by atoms with van der Waals surface area (Å²) in [7, 11) is 0. The van der Waals surface area contributed by atoms with Crippen LogP contribution in [0.15, 0.2) is 84.0 Å². The Kier molecular flexibility index (Phi) is 6.49. The molecule has 1 aliphatic heterocycles. The number of anilines is 1. The second-order valence-corrected chi connectivity index (χ2v) is 8.95. The van der Waals surface area contributed by atoms with Gasteiger partial charge in [-0.15, -0.1) is 11.8 Å². The molecule has 150 valence electrons. The number of hydrogen-bond acceptors (Lipinski definition) is 4. The number of hydrazone groups is 1. The van der Waals surface area contributed by atoms with Gasteiger partial charge < -0.3 is 0 Å². The van der Waals surface area contributed by atoms with Crippen LogP contribution in [0.3, 0.4) is 0 Å². The van der Waals surface area contributed by atoms with E-state index in [9.17, 15) is 9.59 Å². The van der Waals surface area contributed by atoms with Crippen molar-refractivity contribution in [3.8, 4) is 0 Å². The molecule has 0 saturated carbocycles. The molecular formula is C23H18IN3O2S. The van der Waals surface area contributed by atoms with Crippen molar-refractivity contribution in [2.45, 2.75) is 5.37 Å². The van der Waals surface area contributed by atoms with E-state index < -0.39 is 0 Å². The van der Waals surface area contributed by atoms with Gasteiger partial charge in [0, 0.05) is 14.8 Å². The third-order valence-corrected chi connectivity index (χ3v) is 6.54. The zero-order valence-electron chi connectivity index (χ0n) is 15.9. The quantitative estimate of drug-likeness (QED) is 0.294. The Morgan fingerprint density at radius 2 is 1.73 bits per heavy atom. The number of nitrogens with one attached hydrogen (secondary N) is 1. The summed E-state index contributed by atoms with van der Waals surface area (Å²) in [5.74, 6) is 0.202. The van der Waals surface area contributed by atoms with Gasteiger partial charge in [0.2, 0.25) is 5.91 Å². The summed E-state index contributed by atoms with van der Waals surface area (Å²) >= 11 is 3.84. The van der Waals surface area contributed by atoms with E-state index in [1.807, 2.05) is 54.6 Å². The van der Waals surface area contributed by atoms with Crippen molar-refractivity contribution in [3.63, 3.8) is 0 Å². The van der Waals surface area contributed by atoms with Gasteiger partial charge in [-0.2, -0.15) is 5.10 Å². The number of hydrogen-bond donors (Lipinski definition) is 1. The maximum Gasteiger partial charge on any atom is 0.271 e. The molecule has 30 heavy (non-hydrogen) atoms. The molecule has 1 saturated heterocycles. The largest absolute Gasteiger partial charge is 0.295 e. The average Bonchev–Trinajstić information content (AvgIpc) is 3.17. The number of rotatable bonds is 5. The Labute approximate surface area is 192 Å². The Morgan fingerprint density at radius 3 is 2.43 bits per heavy atom. The molecule has 7 heteroatoms. The van der Waals surface area contributed by atoms with Gasteiger partial charge in [-0.3, -0.25) is 14.5 Å². The van der Waals surface area contributed by atoms with Gasteiger partial charge in [-0.1, -0.05) is 42.5 Å². The van der Waals surface area contributed by atoms with Crippen LogP contribution in [-0.4, -0.2) is 23.8 Å². The number of nitrogens with zero attached hydrogens (tertiary/aromatic N) is 2. The molecule has 5 nitrogen and oxygen atoms in total. The second-order valence-electron chi connectivity index (χ2n) is 6.64. The van der Waals surface area contributed by atoms with Gasteiger partial charge in [-0.05, 0) is 70.1 Å². The zero-order valence-corrected chi connectivity index (χ0v) is 18.8. The van der Waals surface area contributed by atoms with Crippen LogP contribution in [0.25, 0.3) is 0 Å². The summed E-state index contributed by atoms with van der Waals surface area (Å²) in [5, 5.41) is 3.96. The van der Waals surface area contributed by atoms with Crippen LogP contribution < -0.4 is 10.3 Å². The number of carbonyl (C=O) groups is 2. The minimum atomic E-state index is -0.301. The van der Waals surface area contributed by atoms with Crippen molar-refractivity contribution >= 4 is 58.1 Å². The van der Waals surface area contributed by atoms with Gasteiger partial charge in [-0.25, -0.2) is 5.43 Å². The minimum Gasteiger partial charge on any atom is -0.295 e. The van der Waals surface area contributed by atoms with Gasteiger partial charge in [0.15, 0.2) is 0 Å². The molecule has 3 aromatic rings. The van der Waals surface area contributed by atoms with Gasteiger partial charge in [0.25, 0.3) is 5.91 Å². The highest BCUT2D eigenvalue weighted by Crippen LogP contribution is 2.41. The first-order valence-electron chi connectivity index (χ1n) is 9.29. The van der Waals surface area contributed by atoms with Crippen molar-refractivity contribution < 1.29 is 9.59 Å². The fourth-order valence-electron chi connectivity index (χ4n) is 3.12. The summed E-state index contributed by atoms with van der Waals surface area (Å²) in [6.45, 7) is 0. The number of amides is 2. The average molecular weight is 527 g/mol. The van der Waals surface area contributed by atoms with Crippen LogP contribution in [0, 0.1) is 3.57 Å². The van der Waals surface area contributed by atoms with Gasteiger partial charge in [0.1, 0.15) is 5.37 Å². The molecule has 3 aromatic carbocycles. The smallest absolute Gasteiger partial charge is 0.271 e. The minimum absolute atomic E-state index is 0.0584. The maximum absolute atomic E-state index is 12.5.